The molecule has 0 saturated carbocycles. The normalized spacial score (nSPS) is 14.0. The van der Waals surface area contributed by atoms with Crippen molar-refractivity contribution in [3.63, 3.8) is 0 Å². The standard InChI is InChI=1S/C14H11NO4S/c16-10-5-7-15(8-6-10)14(18)11-3-1-2-4-12(11)19-13(17)9-20/h1-5,7,9H,6,8H2. The van der Waals surface area contributed by atoms with E-state index in [4.69, 9.17) is 4.74 Å². The largest absolute Gasteiger partial charge is 0.422 e. The van der Waals surface area contributed by atoms with Crippen LogP contribution in [0.2, 0.25) is 0 Å². The second kappa shape index (κ2) is 6.21. The maximum Gasteiger partial charge on any atom is 0.347 e. The number of ketones is 1. The van der Waals surface area contributed by atoms with E-state index in [2.05, 4.69) is 12.2 Å². The molecule has 1 aromatic carbocycles. The summed E-state index contributed by atoms with van der Waals surface area (Å²) in [6.07, 6.45) is 3.07. The molecule has 0 bridgehead atoms. The third-order valence-electron chi connectivity index (χ3n) is 2.72. The Hall–Kier alpha value is -2.34. The molecular formula is C14H11NO4S. The Bertz CT molecular complexity index is 609. The number of carbonyl (C=O) groups excluding carboxylic acids is 3. The molecule has 1 aliphatic heterocycles. The maximum absolute atomic E-state index is 12.3. The van der Waals surface area contributed by atoms with Crippen LogP contribution in [0.1, 0.15) is 16.8 Å². The molecule has 1 amide bonds. The molecule has 0 atom stereocenters. The number of allylic oxidation sites excluding steroid dienone is 1. The summed E-state index contributed by atoms with van der Waals surface area (Å²) >= 11 is 4.48. The molecule has 0 fully saturated rings. The summed E-state index contributed by atoms with van der Waals surface area (Å²) in [5, 5.41) is 0.862. The average molecular weight is 289 g/mol. The van der Waals surface area contributed by atoms with Gasteiger partial charge in [-0.2, -0.15) is 0 Å². The molecule has 1 heterocycles. The summed E-state index contributed by atoms with van der Waals surface area (Å²) in [4.78, 5) is 36.1. The molecule has 1 aliphatic rings. The van der Waals surface area contributed by atoms with Crippen molar-refractivity contribution in [2.45, 2.75) is 6.42 Å². The first-order valence-electron chi connectivity index (χ1n) is 5.90. The highest BCUT2D eigenvalue weighted by atomic mass is 32.1. The van der Waals surface area contributed by atoms with Crippen LogP contribution in [-0.2, 0) is 9.59 Å². The molecule has 6 heteroatoms. The van der Waals surface area contributed by atoms with Gasteiger partial charge in [-0.05, 0) is 18.2 Å². The first-order valence-corrected chi connectivity index (χ1v) is 6.37. The van der Waals surface area contributed by atoms with Crippen molar-refractivity contribution in [3.8, 4) is 5.75 Å². The number of amides is 1. The van der Waals surface area contributed by atoms with Crippen LogP contribution < -0.4 is 4.74 Å². The topological polar surface area (TPSA) is 63.7 Å². The summed E-state index contributed by atoms with van der Waals surface area (Å²) in [6.45, 7) is 0.309. The number of hydrogen-bond acceptors (Lipinski definition) is 5. The predicted molar refractivity (Wildman–Crippen MR) is 75.5 cm³/mol. The van der Waals surface area contributed by atoms with E-state index in [9.17, 15) is 14.4 Å². The first kappa shape index (κ1) is 14.1. The lowest BCUT2D eigenvalue weighted by molar-refractivity contribution is -0.126. The van der Waals surface area contributed by atoms with Crippen LogP contribution in [0, 0.1) is 0 Å². The van der Waals surface area contributed by atoms with E-state index in [0.29, 0.717) is 6.54 Å². The van der Waals surface area contributed by atoms with Gasteiger partial charge in [-0.3, -0.25) is 9.59 Å². The number of thiocarbonyl (C=S) groups is 1. The van der Waals surface area contributed by atoms with Crippen LogP contribution >= 0.6 is 12.2 Å². The van der Waals surface area contributed by atoms with Crippen LogP contribution in [0.5, 0.6) is 5.75 Å². The molecule has 0 N–H and O–H groups in total. The van der Waals surface area contributed by atoms with E-state index in [-0.39, 0.29) is 29.4 Å². The number of hydrogen-bond donors (Lipinski definition) is 0. The molecule has 1 aromatic rings. The summed E-state index contributed by atoms with van der Waals surface area (Å²) in [7, 11) is 0. The minimum Gasteiger partial charge on any atom is -0.422 e. The van der Waals surface area contributed by atoms with Gasteiger partial charge in [0.05, 0.1) is 10.9 Å². The summed E-state index contributed by atoms with van der Waals surface area (Å²) in [6, 6.07) is 6.39. The van der Waals surface area contributed by atoms with Crippen molar-refractivity contribution in [2.75, 3.05) is 6.54 Å². The van der Waals surface area contributed by atoms with Gasteiger partial charge in [0.2, 0.25) is 0 Å². The Morgan fingerprint density at radius 1 is 1.30 bits per heavy atom. The van der Waals surface area contributed by atoms with Crippen LogP contribution in [0.4, 0.5) is 0 Å². The fourth-order valence-corrected chi connectivity index (χ4v) is 1.80. The fraction of sp³-hybridized carbons (Fsp3) is 0.143. The Morgan fingerprint density at radius 3 is 2.70 bits per heavy atom. The van der Waals surface area contributed by atoms with Gasteiger partial charge in [0, 0.05) is 19.2 Å². The van der Waals surface area contributed by atoms with E-state index in [1.165, 1.54) is 23.2 Å². The highest BCUT2D eigenvalue weighted by Gasteiger charge is 2.21. The molecule has 0 aromatic heterocycles. The number of para-hydroxylation sites is 1. The Morgan fingerprint density at radius 2 is 2.05 bits per heavy atom. The van der Waals surface area contributed by atoms with Gasteiger partial charge in [-0.15, -0.1) is 0 Å². The van der Waals surface area contributed by atoms with E-state index in [0.717, 1.165) is 5.37 Å². The molecular weight excluding hydrogens is 278 g/mol. The fourth-order valence-electron chi connectivity index (χ4n) is 1.75. The Labute approximate surface area is 120 Å². The van der Waals surface area contributed by atoms with Crippen LogP contribution in [0.25, 0.3) is 0 Å². The molecule has 0 spiro atoms. The van der Waals surface area contributed by atoms with Gasteiger partial charge < -0.3 is 9.64 Å². The molecule has 0 radical (unpaired) electrons. The van der Waals surface area contributed by atoms with Gasteiger partial charge in [0.25, 0.3) is 5.91 Å². The Kier molecular flexibility index (Phi) is 4.37. The minimum absolute atomic E-state index is 0.0190. The number of carbonyl (C=O) groups is 3. The lowest BCUT2D eigenvalue weighted by atomic mass is 10.1. The Balaban J connectivity index is 2.25. The van der Waals surface area contributed by atoms with E-state index >= 15 is 0 Å². The second-order valence-electron chi connectivity index (χ2n) is 4.07. The van der Waals surface area contributed by atoms with Crippen molar-refractivity contribution in [2.24, 2.45) is 0 Å². The van der Waals surface area contributed by atoms with Crippen molar-refractivity contribution in [3.05, 3.63) is 42.1 Å². The second-order valence-corrected chi connectivity index (χ2v) is 4.30. The SMILES string of the molecule is O=C1C=CN(C(=O)c2ccccc2OC(=O)C=S)CC1. The number of benzene rings is 1. The smallest absolute Gasteiger partial charge is 0.347 e. The number of ether oxygens (including phenoxy) is 1. The molecule has 0 saturated heterocycles. The van der Waals surface area contributed by atoms with Crippen molar-refractivity contribution < 1.29 is 19.1 Å². The number of nitrogens with zero attached hydrogens (tertiary/aromatic N) is 1. The monoisotopic (exact) mass is 289 g/mol. The van der Waals surface area contributed by atoms with Gasteiger partial charge in [0.1, 0.15) is 5.75 Å². The molecule has 0 unspecified atom stereocenters. The molecule has 2 rings (SSSR count). The third kappa shape index (κ3) is 3.16. The minimum atomic E-state index is -0.704. The van der Waals surface area contributed by atoms with Crippen LogP contribution in [-0.4, -0.2) is 34.5 Å². The zero-order valence-corrected chi connectivity index (χ0v) is 11.3. The number of rotatable bonds is 3. The predicted octanol–water partition coefficient (Wildman–Crippen LogP) is 1.52. The summed E-state index contributed by atoms with van der Waals surface area (Å²) in [5.74, 6) is -0.908. The van der Waals surface area contributed by atoms with Crippen LogP contribution in [0.15, 0.2) is 36.5 Å². The van der Waals surface area contributed by atoms with Crippen molar-refractivity contribution in [1.82, 2.24) is 4.90 Å². The summed E-state index contributed by atoms with van der Waals surface area (Å²) < 4.78 is 4.99. The number of esters is 1. The average Bonchev–Trinajstić information content (AvgIpc) is 2.48. The van der Waals surface area contributed by atoms with E-state index in [1.54, 1.807) is 18.2 Å². The molecule has 102 valence electrons. The van der Waals surface area contributed by atoms with Crippen LogP contribution in [0.3, 0.4) is 0 Å². The maximum atomic E-state index is 12.3. The van der Waals surface area contributed by atoms with Crippen molar-refractivity contribution >= 4 is 35.2 Å². The molecule has 0 aliphatic carbocycles. The van der Waals surface area contributed by atoms with Gasteiger partial charge in [-0.1, -0.05) is 24.4 Å². The molecule has 20 heavy (non-hydrogen) atoms. The van der Waals surface area contributed by atoms with E-state index in [1.807, 2.05) is 0 Å². The summed E-state index contributed by atoms with van der Waals surface area (Å²) in [5.41, 5.74) is 0.247. The van der Waals surface area contributed by atoms with Gasteiger partial charge in [-0.25, -0.2) is 4.79 Å². The van der Waals surface area contributed by atoms with Gasteiger partial charge in [0.15, 0.2) is 5.78 Å². The van der Waals surface area contributed by atoms with Gasteiger partial charge >= 0.3 is 5.97 Å². The zero-order valence-electron chi connectivity index (χ0n) is 10.4. The zero-order chi connectivity index (χ0) is 14.5. The third-order valence-corrected chi connectivity index (χ3v) is 2.92. The lowest BCUT2D eigenvalue weighted by Crippen LogP contribution is -2.31. The highest BCUT2D eigenvalue weighted by molar-refractivity contribution is 7.80. The van der Waals surface area contributed by atoms with E-state index < -0.39 is 5.97 Å². The van der Waals surface area contributed by atoms with Crippen molar-refractivity contribution in [1.29, 1.82) is 0 Å². The molecule has 5 nitrogen and oxygen atoms in total. The highest BCUT2D eigenvalue weighted by Crippen LogP contribution is 2.21. The first-order chi connectivity index (χ1) is 9.61. The quantitative estimate of drug-likeness (QED) is 0.479. The lowest BCUT2D eigenvalue weighted by Gasteiger charge is -2.21.